The quantitative estimate of drug-likeness (QED) is 0.395. The van der Waals surface area contributed by atoms with Gasteiger partial charge in [-0.3, -0.25) is 9.59 Å². The van der Waals surface area contributed by atoms with Gasteiger partial charge in [0, 0.05) is 13.1 Å². The molecule has 1 heterocycles. The van der Waals surface area contributed by atoms with E-state index in [2.05, 4.69) is 11.9 Å². The van der Waals surface area contributed by atoms with E-state index >= 15 is 0 Å². The average Bonchev–Trinajstić information content (AvgIpc) is 3.23. The maximum atomic E-state index is 13.2. The average molecular weight is 495 g/mol. The molecule has 0 bridgehead atoms. The smallest absolute Gasteiger partial charge is 0.408 e. The van der Waals surface area contributed by atoms with E-state index in [1.165, 1.54) is 0 Å². The van der Waals surface area contributed by atoms with Gasteiger partial charge < -0.3 is 24.4 Å². The molecule has 2 amide bonds. The number of nitrogens with one attached hydrogen (secondary N) is 1. The van der Waals surface area contributed by atoms with E-state index in [0.717, 1.165) is 16.9 Å². The van der Waals surface area contributed by atoms with Gasteiger partial charge in [0.15, 0.2) is 0 Å². The molecule has 0 saturated carbocycles. The minimum absolute atomic E-state index is 0.108. The summed E-state index contributed by atoms with van der Waals surface area (Å²) in [6, 6.07) is 15.8. The molecule has 0 aliphatic carbocycles. The number of methoxy groups -OCH3 is 1. The summed E-state index contributed by atoms with van der Waals surface area (Å²) in [6.45, 7) is 8.02. The van der Waals surface area contributed by atoms with E-state index < -0.39 is 17.6 Å². The summed E-state index contributed by atoms with van der Waals surface area (Å²) in [7, 11) is 1.59. The van der Waals surface area contributed by atoms with Crippen molar-refractivity contribution in [3.8, 4) is 5.75 Å². The summed E-state index contributed by atoms with van der Waals surface area (Å²) >= 11 is 0. The van der Waals surface area contributed by atoms with Crippen molar-refractivity contribution in [3.63, 3.8) is 0 Å². The molecule has 2 aromatic rings. The van der Waals surface area contributed by atoms with Crippen molar-refractivity contribution < 1.29 is 28.6 Å². The van der Waals surface area contributed by atoms with Gasteiger partial charge in [0.25, 0.3) is 0 Å². The molecule has 192 valence electrons. The van der Waals surface area contributed by atoms with Crippen LogP contribution in [0, 0.1) is 11.3 Å². The number of esters is 1. The molecule has 1 aliphatic rings. The number of carbonyl (C=O) groups excluding carboxylic acids is 3. The third-order valence-corrected chi connectivity index (χ3v) is 6.54. The molecule has 3 rings (SSSR count). The second-order valence-corrected chi connectivity index (χ2v) is 9.21. The number of benzene rings is 2. The van der Waals surface area contributed by atoms with Gasteiger partial charge in [-0.05, 0) is 49.4 Å². The molecule has 0 unspecified atom stereocenters. The van der Waals surface area contributed by atoms with E-state index in [9.17, 15) is 14.4 Å². The van der Waals surface area contributed by atoms with Crippen molar-refractivity contribution in [2.24, 2.45) is 11.3 Å². The largest absolute Gasteiger partial charge is 0.497 e. The minimum atomic E-state index is -0.899. The highest BCUT2D eigenvalue weighted by molar-refractivity contribution is 5.87. The number of ether oxygens (including phenoxy) is 3. The van der Waals surface area contributed by atoms with Crippen LogP contribution in [0.5, 0.6) is 5.75 Å². The lowest BCUT2D eigenvalue weighted by atomic mass is 9.78. The number of nitrogens with zero attached hydrogens (tertiary/aromatic N) is 1. The Morgan fingerprint density at radius 1 is 1.08 bits per heavy atom. The maximum Gasteiger partial charge on any atom is 0.408 e. The van der Waals surface area contributed by atoms with Crippen molar-refractivity contribution in [2.45, 2.75) is 39.5 Å². The van der Waals surface area contributed by atoms with Crippen LogP contribution >= 0.6 is 0 Å². The van der Waals surface area contributed by atoms with Gasteiger partial charge in [0.05, 0.1) is 12.5 Å². The fraction of sp³-hybridized carbons (Fsp3) is 0.393. The summed E-state index contributed by atoms with van der Waals surface area (Å²) < 4.78 is 16.0. The lowest BCUT2D eigenvalue weighted by Gasteiger charge is -2.27. The van der Waals surface area contributed by atoms with Crippen LogP contribution in [0.2, 0.25) is 0 Å². The summed E-state index contributed by atoms with van der Waals surface area (Å²) in [5.74, 6) is -0.0880. The first-order chi connectivity index (χ1) is 17.3. The van der Waals surface area contributed by atoms with Crippen molar-refractivity contribution in [3.05, 3.63) is 78.4 Å². The Kier molecular flexibility index (Phi) is 9.11. The molecule has 3 atom stereocenters. The van der Waals surface area contributed by atoms with Crippen molar-refractivity contribution in [1.82, 2.24) is 10.2 Å². The molecule has 0 spiro atoms. The second kappa shape index (κ2) is 12.2. The van der Waals surface area contributed by atoms with E-state index in [0.29, 0.717) is 13.0 Å². The zero-order valence-electron chi connectivity index (χ0n) is 21.1. The first-order valence-electron chi connectivity index (χ1n) is 11.9. The Bertz CT molecular complexity index is 1060. The monoisotopic (exact) mass is 494 g/mol. The number of allylic oxidation sites excluding steroid dienone is 1. The number of hydrogen-bond donors (Lipinski definition) is 1. The van der Waals surface area contributed by atoms with Crippen LogP contribution in [0.4, 0.5) is 4.79 Å². The Hall–Kier alpha value is -3.81. The molecule has 1 saturated heterocycles. The van der Waals surface area contributed by atoms with Gasteiger partial charge in [-0.15, -0.1) is 6.58 Å². The van der Waals surface area contributed by atoms with Crippen LogP contribution in [0.1, 0.15) is 31.4 Å². The van der Waals surface area contributed by atoms with Gasteiger partial charge >= 0.3 is 12.1 Å². The van der Waals surface area contributed by atoms with Crippen LogP contribution in [0.3, 0.4) is 0 Å². The second-order valence-electron chi connectivity index (χ2n) is 9.21. The Morgan fingerprint density at radius 3 is 2.36 bits per heavy atom. The first-order valence-corrected chi connectivity index (χ1v) is 11.9. The fourth-order valence-corrected chi connectivity index (χ4v) is 4.31. The molecular formula is C28H34N2O6. The highest BCUT2D eigenvalue weighted by Gasteiger charge is 2.50. The predicted octanol–water partition coefficient (Wildman–Crippen LogP) is 4.09. The summed E-state index contributed by atoms with van der Waals surface area (Å²) in [5.41, 5.74) is 0.789. The normalized spacial score (nSPS) is 19.8. The van der Waals surface area contributed by atoms with Crippen LogP contribution in [-0.4, -0.2) is 49.1 Å². The van der Waals surface area contributed by atoms with E-state index in [-0.39, 0.29) is 37.6 Å². The molecule has 0 radical (unpaired) electrons. The Morgan fingerprint density at radius 2 is 1.72 bits per heavy atom. The number of rotatable bonds is 10. The van der Waals surface area contributed by atoms with Gasteiger partial charge in [0.2, 0.25) is 5.91 Å². The van der Waals surface area contributed by atoms with Crippen LogP contribution in [-0.2, 0) is 32.3 Å². The van der Waals surface area contributed by atoms with E-state index in [1.807, 2.05) is 49.4 Å². The number of alkyl carbamates (subject to hydrolysis) is 1. The summed E-state index contributed by atoms with van der Waals surface area (Å²) in [5, 5.41) is 2.59. The van der Waals surface area contributed by atoms with Crippen molar-refractivity contribution in [1.29, 1.82) is 0 Å². The number of likely N-dealkylation sites (tertiary alicyclic amines) is 1. The number of carbonyl (C=O) groups is 3. The number of amides is 2. The molecule has 1 fully saturated rings. The lowest BCUT2D eigenvalue weighted by Crippen LogP contribution is -2.47. The molecule has 1 N–H and O–H groups in total. The SMILES string of the molecule is C=CC[C@H]1CN(C(=O)[C@H](C)NC(=O)OCc2ccccc2)C[C@@]1(C)C(=O)OCc1ccc(OC)cc1. The Labute approximate surface area is 212 Å². The van der Waals surface area contributed by atoms with Crippen molar-refractivity contribution >= 4 is 18.0 Å². The zero-order valence-corrected chi connectivity index (χ0v) is 21.1. The topological polar surface area (TPSA) is 94.2 Å². The van der Waals surface area contributed by atoms with Gasteiger partial charge in [-0.25, -0.2) is 4.79 Å². The molecule has 8 nitrogen and oxygen atoms in total. The lowest BCUT2D eigenvalue weighted by molar-refractivity contribution is -0.158. The van der Waals surface area contributed by atoms with Crippen LogP contribution in [0.15, 0.2) is 67.3 Å². The zero-order chi connectivity index (χ0) is 26.1. The van der Waals surface area contributed by atoms with Gasteiger partial charge in [0.1, 0.15) is 25.0 Å². The molecule has 0 aromatic heterocycles. The van der Waals surface area contributed by atoms with Crippen LogP contribution < -0.4 is 10.1 Å². The first kappa shape index (κ1) is 26.8. The molecule has 2 aromatic carbocycles. The van der Waals surface area contributed by atoms with E-state index in [1.54, 1.807) is 37.1 Å². The molecule has 36 heavy (non-hydrogen) atoms. The molecule has 1 aliphatic heterocycles. The highest BCUT2D eigenvalue weighted by Crippen LogP contribution is 2.39. The van der Waals surface area contributed by atoms with E-state index in [4.69, 9.17) is 14.2 Å². The summed E-state index contributed by atoms with van der Waals surface area (Å²) in [6.07, 6.45) is 1.62. The highest BCUT2D eigenvalue weighted by atomic mass is 16.5. The fourth-order valence-electron chi connectivity index (χ4n) is 4.31. The van der Waals surface area contributed by atoms with Gasteiger partial charge in [-0.2, -0.15) is 0 Å². The predicted molar refractivity (Wildman–Crippen MR) is 135 cm³/mol. The molecular weight excluding hydrogens is 460 g/mol. The third-order valence-electron chi connectivity index (χ3n) is 6.54. The molecule has 8 heteroatoms. The standard InChI is InChI=1S/C28H34N2O6/c1-5-9-23-16-30(25(31)20(2)29-27(33)36-18-21-10-7-6-8-11-21)19-28(23,3)26(32)35-17-22-12-14-24(34-4)15-13-22/h5-8,10-15,20,23H,1,9,16-19H2,2-4H3,(H,29,33)/t20-,23-,28+/m0/s1. The third kappa shape index (κ3) is 6.65. The number of hydrogen-bond acceptors (Lipinski definition) is 6. The summed E-state index contributed by atoms with van der Waals surface area (Å²) in [4.78, 5) is 40.1. The minimum Gasteiger partial charge on any atom is -0.497 e. The Balaban J connectivity index is 1.57. The maximum absolute atomic E-state index is 13.2. The van der Waals surface area contributed by atoms with Gasteiger partial charge in [-0.1, -0.05) is 48.5 Å². The van der Waals surface area contributed by atoms with Crippen LogP contribution in [0.25, 0.3) is 0 Å². The van der Waals surface area contributed by atoms with Crippen molar-refractivity contribution in [2.75, 3.05) is 20.2 Å².